The molecule has 1 saturated carbocycles. The highest BCUT2D eigenvalue weighted by molar-refractivity contribution is 5.73. The number of amides is 1. The first-order chi connectivity index (χ1) is 15.8. The summed E-state index contributed by atoms with van der Waals surface area (Å²) in [4.78, 5) is 11.8. The molecule has 2 aromatic carbocycles. The van der Waals surface area contributed by atoms with Crippen molar-refractivity contribution in [2.45, 2.75) is 77.2 Å². The molecule has 0 aliphatic heterocycles. The summed E-state index contributed by atoms with van der Waals surface area (Å²) in [5.41, 5.74) is 3.76. The van der Waals surface area contributed by atoms with Crippen LogP contribution in [0.4, 0.5) is 4.39 Å². The predicted octanol–water partition coefficient (Wildman–Crippen LogP) is 4.31. The molecule has 3 atom stereocenters. The third-order valence-corrected chi connectivity index (χ3v) is 6.36. The predicted molar refractivity (Wildman–Crippen MR) is 128 cm³/mol. The number of carbonyl (C=O) groups is 1. The van der Waals surface area contributed by atoms with E-state index in [0.29, 0.717) is 19.6 Å². The van der Waals surface area contributed by atoms with E-state index in [1.807, 2.05) is 19.9 Å². The average molecular weight is 457 g/mol. The van der Waals surface area contributed by atoms with Crippen molar-refractivity contribution in [3.05, 3.63) is 70.5 Å². The van der Waals surface area contributed by atoms with E-state index in [1.165, 1.54) is 30.2 Å². The van der Waals surface area contributed by atoms with Gasteiger partial charge in [0.1, 0.15) is 5.82 Å². The molecule has 5 nitrogen and oxygen atoms in total. The molecule has 0 saturated heterocycles. The molecule has 33 heavy (non-hydrogen) atoms. The molecule has 0 aromatic heterocycles. The molecular formula is C27H37FN2O3. The lowest BCUT2D eigenvalue weighted by molar-refractivity contribution is -0.120. The SMILES string of the molecule is CCOC(CC)c1cccc(C2(NCC(O)C(Cc3cc(C)cc(F)c3)NC(C)=O)CC2)c1. The van der Waals surface area contributed by atoms with Crippen molar-refractivity contribution in [3.63, 3.8) is 0 Å². The van der Waals surface area contributed by atoms with Gasteiger partial charge in [0.15, 0.2) is 0 Å². The maximum absolute atomic E-state index is 13.8. The zero-order chi connectivity index (χ0) is 24.0. The minimum atomic E-state index is -0.815. The number of aryl methyl sites for hydroxylation is 1. The van der Waals surface area contributed by atoms with Gasteiger partial charge >= 0.3 is 0 Å². The van der Waals surface area contributed by atoms with Crippen molar-refractivity contribution in [1.29, 1.82) is 0 Å². The summed E-state index contributed by atoms with van der Waals surface area (Å²) in [7, 11) is 0. The number of ether oxygens (including phenoxy) is 1. The first kappa shape index (κ1) is 25.3. The van der Waals surface area contributed by atoms with Gasteiger partial charge < -0.3 is 20.5 Å². The monoisotopic (exact) mass is 456 g/mol. The second-order valence-electron chi connectivity index (χ2n) is 9.16. The van der Waals surface area contributed by atoms with Gasteiger partial charge in [-0.05, 0) is 73.9 Å². The van der Waals surface area contributed by atoms with Gasteiger partial charge in [-0.25, -0.2) is 4.39 Å². The average Bonchev–Trinajstić information content (AvgIpc) is 3.56. The summed E-state index contributed by atoms with van der Waals surface area (Å²) >= 11 is 0. The second kappa shape index (κ2) is 11.2. The molecular weight excluding hydrogens is 419 g/mol. The van der Waals surface area contributed by atoms with Crippen LogP contribution in [0.2, 0.25) is 0 Å². The van der Waals surface area contributed by atoms with Crippen LogP contribution in [0, 0.1) is 12.7 Å². The van der Waals surface area contributed by atoms with Gasteiger partial charge in [-0.1, -0.05) is 37.3 Å². The van der Waals surface area contributed by atoms with Gasteiger partial charge in [-0.3, -0.25) is 4.79 Å². The van der Waals surface area contributed by atoms with E-state index in [2.05, 4.69) is 41.8 Å². The molecule has 180 valence electrons. The Bertz CT molecular complexity index is 924. The van der Waals surface area contributed by atoms with Crippen molar-refractivity contribution < 1.29 is 19.0 Å². The Morgan fingerprint density at radius 1 is 1.21 bits per heavy atom. The normalized spacial score (nSPS) is 17.3. The lowest BCUT2D eigenvalue weighted by Crippen LogP contribution is -2.49. The maximum Gasteiger partial charge on any atom is 0.217 e. The number of benzene rings is 2. The Labute approximate surface area is 196 Å². The van der Waals surface area contributed by atoms with E-state index in [-0.39, 0.29) is 23.4 Å². The van der Waals surface area contributed by atoms with E-state index >= 15 is 0 Å². The number of aliphatic hydroxyl groups excluding tert-OH is 1. The smallest absolute Gasteiger partial charge is 0.217 e. The topological polar surface area (TPSA) is 70.6 Å². The fourth-order valence-corrected chi connectivity index (χ4v) is 4.55. The van der Waals surface area contributed by atoms with Crippen LogP contribution >= 0.6 is 0 Å². The van der Waals surface area contributed by atoms with Crippen LogP contribution < -0.4 is 10.6 Å². The summed E-state index contributed by atoms with van der Waals surface area (Å²) in [6.45, 7) is 8.39. The van der Waals surface area contributed by atoms with E-state index in [1.54, 1.807) is 0 Å². The molecule has 0 spiro atoms. The molecule has 1 amide bonds. The molecule has 1 aliphatic rings. The zero-order valence-electron chi connectivity index (χ0n) is 20.2. The van der Waals surface area contributed by atoms with Crippen LogP contribution in [0.15, 0.2) is 42.5 Å². The highest BCUT2D eigenvalue weighted by atomic mass is 19.1. The summed E-state index contributed by atoms with van der Waals surface area (Å²) in [5.74, 6) is -0.531. The number of aliphatic hydroxyl groups is 1. The fraction of sp³-hybridized carbons (Fsp3) is 0.519. The summed E-state index contributed by atoms with van der Waals surface area (Å²) < 4.78 is 19.7. The number of rotatable bonds is 12. The Kier molecular flexibility index (Phi) is 8.63. The van der Waals surface area contributed by atoms with Crippen molar-refractivity contribution in [2.24, 2.45) is 0 Å². The molecule has 2 aromatic rings. The van der Waals surface area contributed by atoms with E-state index in [0.717, 1.165) is 30.4 Å². The van der Waals surface area contributed by atoms with Crippen LogP contribution in [0.5, 0.6) is 0 Å². The molecule has 3 rings (SSSR count). The Hall–Kier alpha value is -2.28. The minimum absolute atomic E-state index is 0.0789. The summed E-state index contributed by atoms with van der Waals surface area (Å²) in [6.07, 6.45) is 2.51. The maximum atomic E-state index is 13.8. The van der Waals surface area contributed by atoms with Gasteiger partial charge in [0, 0.05) is 25.6 Å². The number of carbonyl (C=O) groups excluding carboxylic acids is 1. The summed E-state index contributed by atoms with van der Waals surface area (Å²) in [6, 6.07) is 12.8. The van der Waals surface area contributed by atoms with Crippen LogP contribution in [0.1, 0.15) is 68.4 Å². The largest absolute Gasteiger partial charge is 0.390 e. The first-order valence-corrected chi connectivity index (χ1v) is 11.9. The molecule has 0 bridgehead atoms. The van der Waals surface area contributed by atoms with Crippen molar-refractivity contribution in [2.75, 3.05) is 13.2 Å². The van der Waals surface area contributed by atoms with Crippen molar-refractivity contribution in [1.82, 2.24) is 10.6 Å². The molecule has 1 fully saturated rings. The van der Waals surface area contributed by atoms with Crippen LogP contribution in [0.25, 0.3) is 0 Å². The second-order valence-corrected chi connectivity index (χ2v) is 9.16. The molecule has 1 aliphatic carbocycles. The van der Waals surface area contributed by atoms with Crippen molar-refractivity contribution >= 4 is 5.91 Å². The lowest BCUT2D eigenvalue weighted by Gasteiger charge is -2.27. The van der Waals surface area contributed by atoms with Gasteiger partial charge in [-0.2, -0.15) is 0 Å². The Balaban J connectivity index is 1.69. The zero-order valence-corrected chi connectivity index (χ0v) is 20.2. The van der Waals surface area contributed by atoms with E-state index < -0.39 is 12.1 Å². The lowest BCUT2D eigenvalue weighted by atomic mass is 9.97. The number of hydrogen-bond donors (Lipinski definition) is 3. The standard InChI is InChI=1S/C27H37FN2O3/c1-5-26(33-6-2)21-8-7-9-22(16-21)27(10-11-27)29-17-25(32)24(30-19(4)31)15-20-12-18(3)13-23(28)14-20/h7-9,12-14,16,24-26,29,32H,5-6,10-11,15,17H2,1-4H3,(H,30,31). The highest BCUT2D eigenvalue weighted by Gasteiger charge is 2.44. The van der Waals surface area contributed by atoms with Gasteiger partial charge in [-0.15, -0.1) is 0 Å². The first-order valence-electron chi connectivity index (χ1n) is 11.9. The summed E-state index contributed by atoms with van der Waals surface area (Å²) in [5, 5.41) is 17.3. The minimum Gasteiger partial charge on any atom is -0.390 e. The van der Waals surface area contributed by atoms with Gasteiger partial charge in [0.25, 0.3) is 0 Å². The number of halogens is 1. The van der Waals surface area contributed by atoms with Gasteiger partial charge in [0.2, 0.25) is 5.91 Å². The highest BCUT2D eigenvalue weighted by Crippen LogP contribution is 2.46. The molecule has 3 N–H and O–H groups in total. The molecule has 3 unspecified atom stereocenters. The third kappa shape index (κ3) is 6.85. The van der Waals surface area contributed by atoms with E-state index in [4.69, 9.17) is 4.74 Å². The Morgan fingerprint density at radius 2 is 1.97 bits per heavy atom. The fourth-order valence-electron chi connectivity index (χ4n) is 4.55. The van der Waals surface area contributed by atoms with Crippen LogP contribution in [-0.4, -0.2) is 36.3 Å². The third-order valence-electron chi connectivity index (χ3n) is 6.36. The number of nitrogens with one attached hydrogen (secondary N) is 2. The molecule has 0 radical (unpaired) electrons. The molecule has 6 heteroatoms. The van der Waals surface area contributed by atoms with Gasteiger partial charge in [0.05, 0.1) is 18.2 Å². The Morgan fingerprint density at radius 3 is 2.58 bits per heavy atom. The van der Waals surface area contributed by atoms with Crippen molar-refractivity contribution in [3.8, 4) is 0 Å². The molecule has 0 heterocycles. The quantitative estimate of drug-likeness (QED) is 0.445. The number of hydrogen-bond acceptors (Lipinski definition) is 4. The van der Waals surface area contributed by atoms with Crippen LogP contribution in [-0.2, 0) is 21.5 Å². The van der Waals surface area contributed by atoms with Crippen LogP contribution in [0.3, 0.4) is 0 Å². The van der Waals surface area contributed by atoms with E-state index in [9.17, 15) is 14.3 Å².